The van der Waals surface area contributed by atoms with E-state index in [-0.39, 0.29) is 0 Å². The number of H-pyrrole nitrogens is 1. The van der Waals surface area contributed by atoms with Gasteiger partial charge in [-0.15, -0.1) is 0 Å². The van der Waals surface area contributed by atoms with Gasteiger partial charge in [-0.05, 0) is 12.1 Å². The van der Waals surface area contributed by atoms with Crippen LogP contribution in [0.5, 0.6) is 0 Å². The smallest absolute Gasteiger partial charge is 0.138 e. The summed E-state index contributed by atoms with van der Waals surface area (Å²) < 4.78 is 0. The molecule has 0 aliphatic heterocycles. The zero-order chi connectivity index (χ0) is 14.3. The normalized spacial score (nSPS) is 9.90. The summed E-state index contributed by atoms with van der Waals surface area (Å²) in [6.07, 6.45) is 0. The highest BCUT2D eigenvalue weighted by atomic mass is 14.9. The third-order valence-corrected chi connectivity index (χ3v) is 3.10. The van der Waals surface area contributed by atoms with Crippen LogP contribution in [0, 0.1) is 0 Å². The van der Waals surface area contributed by atoms with Crippen molar-refractivity contribution in [1.82, 2.24) is 9.97 Å². The lowest BCUT2D eigenvalue weighted by atomic mass is 10.2. The molecule has 0 unspecified atom stereocenters. The van der Waals surface area contributed by atoms with Gasteiger partial charge in [-0.25, -0.2) is 4.98 Å². The maximum Gasteiger partial charge on any atom is 0.138 e. The molecule has 0 saturated heterocycles. The van der Waals surface area contributed by atoms with Crippen molar-refractivity contribution >= 4 is 11.0 Å². The first-order valence-electron chi connectivity index (χ1n) is 6.94. The molecule has 0 atom stereocenters. The summed E-state index contributed by atoms with van der Waals surface area (Å²) in [5.74, 6) is 0.928. The lowest BCUT2D eigenvalue weighted by Crippen LogP contribution is -1.77. The quantitative estimate of drug-likeness (QED) is 0.523. The second-order valence-electron chi connectivity index (χ2n) is 4.62. The third-order valence-electron chi connectivity index (χ3n) is 3.10. The molecule has 0 aliphatic carbocycles. The number of para-hydroxylation sites is 2. The summed E-state index contributed by atoms with van der Waals surface area (Å²) in [4.78, 5) is 7.83. The maximum atomic E-state index is 4.53. The highest BCUT2D eigenvalue weighted by molar-refractivity contribution is 5.79. The highest BCUT2D eigenvalue weighted by Gasteiger charge is 2.02. The van der Waals surface area contributed by atoms with Crippen LogP contribution in [0.2, 0.25) is 0 Å². The van der Waals surface area contributed by atoms with Crippen LogP contribution in [0.3, 0.4) is 0 Å². The van der Waals surface area contributed by atoms with Crippen molar-refractivity contribution < 1.29 is 0 Å². The predicted octanol–water partition coefficient (Wildman–Crippen LogP) is 4.92. The van der Waals surface area contributed by atoms with Crippen molar-refractivity contribution in [3.05, 3.63) is 91.0 Å². The lowest BCUT2D eigenvalue weighted by molar-refractivity contribution is 1.34. The summed E-state index contributed by atoms with van der Waals surface area (Å²) in [6, 6.07) is 30.2. The molecule has 0 bridgehead atoms. The monoisotopic (exact) mass is 272 g/mol. The summed E-state index contributed by atoms with van der Waals surface area (Å²) in [6.45, 7) is 0. The van der Waals surface area contributed by atoms with Crippen LogP contribution in [0.1, 0.15) is 0 Å². The van der Waals surface area contributed by atoms with Gasteiger partial charge in [0.05, 0.1) is 11.0 Å². The largest absolute Gasteiger partial charge is 0.338 e. The fourth-order valence-electron chi connectivity index (χ4n) is 2.07. The van der Waals surface area contributed by atoms with Crippen molar-refractivity contribution in [2.75, 3.05) is 0 Å². The predicted molar refractivity (Wildman–Crippen MR) is 88.0 cm³/mol. The summed E-state index contributed by atoms with van der Waals surface area (Å²) in [5.41, 5.74) is 3.21. The molecule has 0 spiro atoms. The van der Waals surface area contributed by atoms with Gasteiger partial charge < -0.3 is 4.98 Å². The highest BCUT2D eigenvalue weighted by Crippen LogP contribution is 2.19. The zero-order valence-electron chi connectivity index (χ0n) is 11.6. The first-order chi connectivity index (χ1) is 10.4. The molecule has 1 N–H and O–H groups in total. The minimum Gasteiger partial charge on any atom is -0.338 e. The number of nitrogens with zero attached hydrogens (tertiary/aromatic N) is 1. The van der Waals surface area contributed by atoms with Crippen molar-refractivity contribution in [3.63, 3.8) is 0 Å². The molecular weight excluding hydrogens is 256 g/mol. The Bertz CT molecular complexity index is 730. The molecule has 0 amide bonds. The number of hydrogen-bond acceptors (Lipinski definition) is 1. The molecule has 21 heavy (non-hydrogen) atoms. The number of rotatable bonds is 1. The topological polar surface area (TPSA) is 28.7 Å². The maximum absolute atomic E-state index is 4.53. The Hall–Kier alpha value is -2.87. The molecule has 1 aromatic heterocycles. The molecule has 4 rings (SSSR count). The summed E-state index contributed by atoms with van der Waals surface area (Å²) in [5, 5.41) is 0. The molecule has 2 heteroatoms. The van der Waals surface area contributed by atoms with Crippen LogP contribution < -0.4 is 0 Å². The van der Waals surface area contributed by atoms with Crippen molar-refractivity contribution in [2.24, 2.45) is 0 Å². The minimum atomic E-state index is 0.928. The number of nitrogens with one attached hydrogen (secondary N) is 1. The SMILES string of the molecule is c1ccc(-c2nc3ccccc3[nH]2)cc1.c1ccccc1. The standard InChI is InChI=1S/C13H10N2.C6H6/c1-2-6-10(7-3-1)13-14-11-8-4-5-9-12(11)15-13;1-2-4-6-5-3-1/h1-9H,(H,14,15);1-6H. The van der Waals surface area contributed by atoms with E-state index in [1.54, 1.807) is 0 Å². The number of benzene rings is 3. The van der Waals surface area contributed by atoms with Crippen molar-refractivity contribution in [2.45, 2.75) is 0 Å². The van der Waals surface area contributed by atoms with Gasteiger partial charge in [0, 0.05) is 5.56 Å². The number of imidazole rings is 1. The lowest BCUT2D eigenvalue weighted by Gasteiger charge is -1.93. The molecule has 0 saturated carbocycles. The third kappa shape index (κ3) is 3.37. The van der Waals surface area contributed by atoms with Crippen molar-refractivity contribution in [1.29, 1.82) is 0 Å². The molecule has 0 fully saturated rings. The van der Waals surface area contributed by atoms with E-state index in [0.717, 1.165) is 22.4 Å². The Morgan fingerprint density at radius 1 is 0.571 bits per heavy atom. The van der Waals surface area contributed by atoms with Gasteiger partial charge >= 0.3 is 0 Å². The van der Waals surface area contributed by atoms with E-state index in [2.05, 4.69) is 22.1 Å². The average molecular weight is 272 g/mol. The average Bonchev–Trinajstić information content (AvgIpc) is 3.02. The van der Waals surface area contributed by atoms with Gasteiger partial charge in [-0.2, -0.15) is 0 Å². The van der Waals surface area contributed by atoms with Gasteiger partial charge in [-0.3, -0.25) is 0 Å². The number of fused-ring (bicyclic) bond motifs is 1. The molecule has 4 aromatic rings. The minimum absolute atomic E-state index is 0.928. The molecule has 102 valence electrons. The van der Waals surface area contributed by atoms with Crippen LogP contribution >= 0.6 is 0 Å². The van der Waals surface area contributed by atoms with E-state index in [1.807, 2.05) is 78.9 Å². The van der Waals surface area contributed by atoms with Gasteiger partial charge in [0.25, 0.3) is 0 Å². The Labute approximate surface area is 124 Å². The van der Waals surface area contributed by atoms with Gasteiger partial charge in [-0.1, -0.05) is 78.9 Å². The van der Waals surface area contributed by atoms with E-state index in [4.69, 9.17) is 0 Å². The van der Waals surface area contributed by atoms with E-state index in [9.17, 15) is 0 Å². The first kappa shape index (κ1) is 13.1. The molecular formula is C19H16N2. The number of aromatic amines is 1. The Morgan fingerprint density at radius 2 is 1.10 bits per heavy atom. The van der Waals surface area contributed by atoms with Crippen LogP contribution in [-0.2, 0) is 0 Å². The van der Waals surface area contributed by atoms with E-state index in [1.165, 1.54) is 0 Å². The van der Waals surface area contributed by atoms with Crippen LogP contribution in [0.15, 0.2) is 91.0 Å². The fraction of sp³-hybridized carbons (Fsp3) is 0. The molecule has 0 radical (unpaired) electrons. The Morgan fingerprint density at radius 3 is 1.71 bits per heavy atom. The number of hydrogen-bond donors (Lipinski definition) is 1. The Balaban J connectivity index is 0.000000186. The summed E-state index contributed by atoms with van der Waals surface area (Å²) in [7, 11) is 0. The molecule has 2 nitrogen and oxygen atoms in total. The second kappa shape index (κ2) is 6.53. The van der Waals surface area contributed by atoms with Crippen LogP contribution in [-0.4, -0.2) is 9.97 Å². The Kier molecular flexibility index (Phi) is 4.08. The first-order valence-corrected chi connectivity index (χ1v) is 6.94. The number of aromatic nitrogens is 2. The molecule has 3 aromatic carbocycles. The van der Waals surface area contributed by atoms with Gasteiger partial charge in [0.2, 0.25) is 0 Å². The van der Waals surface area contributed by atoms with Crippen LogP contribution in [0.4, 0.5) is 0 Å². The van der Waals surface area contributed by atoms with E-state index in [0.29, 0.717) is 0 Å². The van der Waals surface area contributed by atoms with E-state index >= 15 is 0 Å². The molecule has 0 aliphatic rings. The second-order valence-corrected chi connectivity index (χ2v) is 4.62. The molecule has 1 heterocycles. The zero-order valence-corrected chi connectivity index (χ0v) is 11.6. The van der Waals surface area contributed by atoms with Crippen molar-refractivity contribution in [3.8, 4) is 11.4 Å². The van der Waals surface area contributed by atoms with Gasteiger partial charge in [0.1, 0.15) is 5.82 Å². The fourth-order valence-corrected chi connectivity index (χ4v) is 2.07. The van der Waals surface area contributed by atoms with Crippen LogP contribution in [0.25, 0.3) is 22.4 Å². The summed E-state index contributed by atoms with van der Waals surface area (Å²) >= 11 is 0. The van der Waals surface area contributed by atoms with E-state index < -0.39 is 0 Å². The van der Waals surface area contributed by atoms with Gasteiger partial charge in [0.15, 0.2) is 0 Å².